The van der Waals surface area contributed by atoms with Crippen molar-refractivity contribution in [1.29, 1.82) is 0 Å². The summed E-state index contributed by atoms with van der Waals surface area (Å²) in [5.74, 6) is -1.84. The number of likely N-dealkylation sites (tertiary alicyclic amines) is 2. The second-order valence-corrected chi connectivity index (χ2v) is 14.0. The molecule has 1 saturated carbocycles. The second-order valence-electron chi connectivity index (χ2n) is 14.0. The number of carbonyl (C=O) groups is 4. The van der Waals surface area contributed by atoms with Gasteiger partial charge in [-0.1, -0.05) is 73.5 Å². The summed E-state index contributed by atoms with van der Waals surface area (Å²) in [6.45, 7) is 1.46. The van der Waals surface area contributed by atoms with E-state index in [2.05, 4.69) is 24.3 Å². The number of hydrogen-bond donors (Lipinski definition) is 0. The zero-order chi connectivity index (χ0) is 33.9. The van der Waals surface area contributed by atoms with Gasteiger partial charge in [0.15, 0.2) is 0 Å². The molecule has 0 bridgehead atoms. The molecule has 265 valence electrons. The summed E-state index contributed by atoms with van der Waals surface area (Å²) in [5.41, 5.74) is 2.58. The molecule has 0 aromatic heterocycles. The van der Waals surface area contributed by atoms with E-state index in [-0.39, 0.29) is 42.0 Å². The molecule has 2 heterocycles. The maximum atomic E-state index is 13.6. The topological polar surface area (TPSA) is 127 Å². The number of carboxylic acid groups (broad SMARTS) is 2. The van der Waals surface area contributed by atoms with Gasteiger partial charge in [-0.05, 0) is 74.3 Å². The van der Waals surface area contributed by atoms with Gasteiger partial charge in [-0.25, -0.2) is 0 Å². The molecule has 2 aromatic carbocycles. The minimum atomic E-state index is -1.28. The second kappa shape index (κ2) is 19.2. The van der Waals surface area contributed by atoms with Crippen molar-refractivity contribution >= 4 is 23.8 Å². The number of carboxylic acids is 2. The van der Waals surface area contributed by atoms with E-state index in [0.717, 1.165) is 51.4 Å². The van der Waals surface area contributed by atoms with Gasteiger partial charge in [0.25, 0.3) is 0 Å². The van der Waals surface area contributed by atoms with Crippen LogP contribution < -0.4 is 10.2 Å². The van der Waals surface area contributed by atoms with Gasteiger partial charge in [0.1, 0.15) is 0 Å². The summed E-state index contributed by atoms with van der Waals surface area (Å²) < 4.78 is 0. The number of rotatable bonds is 14. The van der Waals surface area contributed by atoms with Crippen LogP contribution in [0.5, 0.6) is 0 Å². The van der Waals surface area contributed by atoms with Crippen molar-refractivity contribution in [3.05, 3.63) is 71.8 Å². The number of aliphatic carboxylic acids is 2. The predicted octanol–water partition coefficient (Wildman–Crippen LogP) is 1.36. The van der Waals surface area contributed by atoms with Gasteiger partial charge < -0.3 is 29.6 Å². The summed E-state index contributed by atoms with van der Waals surface area (Å²) in [6, 6.07) is 19.9. The monoisotopic (exact) mass is 713 g/mol. The molecule has 10 nitrogen and oxygen atoms in total. The molecule has 0 spiro atoms. The number of hydrogen-bond acceptors (Lipinski definition) is 8. The third-order valence-electron chi connectivity index (χ3n) is 10.6. The Morgan fingerprint density at radius 2 is 0.898 bits per heavy atom. The quantitative estimate of drug-likeness (QED) is 0.269. The van der Waals surface area contributed by atoms with Crippen LogP contribution in [0.1, 0.15) is 62.5 Å². The van der Waals surface area contributed by atoms with Gasteiger partial charge in [-0.15, -0.1) is 0 Å². The van der Waals surface area contributed by atoms with Crippen LogP contribution in [0.3, 0.4) is 0 Å². The average molecular weight is 714 g/mol. The van der Waals surface area contributed by atoms with Crippen molar-refractivity contribution in [2.45, 2.75) is 76.3 Å². The number of benzene rings is 2. The minimum Gasteiger partial charge on any atom is -0.549 e. The standard InChI is InChI=1S/C38H52N4O6.Mn/c43-35(39-19-15-31(16-20-39)23-29-9-3-1-4-10-29)25-41(27-37(45)46)33-13-7-8-14-34(33)42(28-38(47)48)26-36(44)40-21-17-32(18-22-40)24-30-11-5-2-6-12-30;/h1-6,9-12,31-34H,7-8,13-28H2,(H,45,46)(H,47,48);/q;+2/p-2. The molecule has 49 heavy (non-hydrogen) atoms. The van der Waals surface area contributed by atoms with Gasteiger partial charge in [0, 0.05) is 51.4 Å². The van der Waals surface area contributed by atoms with Crippen LogP contribution in [0, 0.1) is 11.8 Å². The molecule has 3 aliphatic rings. The van der Waals surface area contributed by atoms with Crippen molar-refractivity contribution in [1.82, 2.24) is 19.6 Å². The Labute approximate surface area is 301 Å². The van der Waals surface area contributed by atoms with Gasteiger partial charge in [-0.2, -0.15) is 0 Å². The maximum absolute atomic E-state index is 13.6. The van der Waals surface area contributed by atoms with Gasteiger partial charge in [-0.3, -0.25) is 19.4 Å². The molecule has 11 heteroatoms. The largest absolute Gasteiger partial charge is 2.00 e. The molecule has 2 aliphatic heterocycles. The van der Waals surface area contributed by atoms with Crippen molar-refractivity contribution in [2.75, 3.05) is 52.4 Å². The third-order valence-corrected chi connectivity index (χ3v) is 10.6. The van der Waals surface area contributed by atoms with Crippen molar-refractivity contribution in [2.24, 2.45) is 11.8 Å². The fraction of sp³-hybridized carbons (Fsp3) is 0.579. The van der Waals surface area contributed by atoms with E-state index in [1.807, 2.05) is 46.2 Å². The zero-order valence-electron chi connectivity index (χ0n) is 28.4. The molecule has 2 unspecified atom stereocenters. The molecule has 2 saturated heterocycles. The smallest absolute Gasteiger partial charge is 0.549 e. The van der Waals surface area contributed by atoms with Crippen LogP contribution in [0.2, 0.25) is 0 Å². The molecule has 1 radical (unpaired) electrons. The first-order valence-electron chi connectivity index (χ1n) is 17.8. The van der Waals surface area contributed by atoms with Crippen LogP contribution in [-0.4, -0.2) is 108 Å². The fourth-order valence-corrected chi connectivity index (χ4v) is 8.07. The average Bonchev–Trinajstić information content (AvgIpc) is 3.09. The Balaban J connectivity index is 0.00000541. The molecule has 3 fully saturated rings. The van der Waals surface area contributed by atoms with Gasteiger partial charge in [0.2, 0.25) is 11.8 Å². The summed E-state index contributed by atoms with van der Waals surface area (Å²) in [6.07, 6.45) is 8.36. The Bertz CT molecular complexity index is 1250. The molecule has 2 atom stereocenters. The van der Waals surface area contributed by atoms with Gasteiger partial charge in [0.05, 0.1) is 25.0 Å². The van der Waals surface area contributed by atoms with Crippen molar-refractivity contribution in [3.63, 3.8) is 0 Å². The number of piperidine rings is 2. The Hall–Kier alpha value is -3.24. The Morgan fingerprint density at radius 1 is 0.551 bits per heavy atom. The van der Waals surface area contributed by atoms with E-state index < -0.39 is 37.1 Å². The molecule has 5 rings (SSSR count). The first-order valence-corrected chi connectivity index (χ1v) is 17.8. The first kappa shape index (κ1) is 38.6. The normalized spacial score (nSPS) is 20.6. The summed E-state index contributed by atoms with van der Waals surface area (Å²) >= 11 is 0. The van der Waals surface area contributed by atoms with Gasteiger partial charge >= 0.3 is 17.1 Å². The third kappa shape index (κ3) is 11.7. The van der Waals surface area contributed by atoms with Crippen LogP contribution >= 0.6 is 0 Å². The van der Waals surface area contributed by atoms with E-state index in [1.54, 1.807) is 9.80 Å². The predicted molar refractivity (Wildman–Crippen MR) is 178 cm³/mol. The Kier molecular flexibility index (Phi) is 15.1. The van der Waals surface area contributed by atoms with E-state index in [1.165, 1.54) is 11.1 Å². The number of nitrogens with zero attached hydrogens (tertiary/aromatic N) is 4. The molecular weight excluding hydrogens is 663 g/mol. The fourth-order valence-electron chi connectivity index (χ4n) is 8.07. The van der Waals surface area contributed by atoms with Crippen LogP contribution in [0.25, 0.3) is 0 Å². The molecule has 1 aliphatic carbocycles. The van der Waals surface area contributed by atoms with E-state index in [4.69, 9.17) is 0 Å². The molecule has 2 amide bonds. The summed E-state index contributed by atoms with van der Waals surface area (Å²) in [4.78, 5) is 58.0. The van der Waals surface area contributed by atoms with Crippen molar-refractivity contribution < 1.29 is 46.5 Å². The first-order chi connectivity index (χ1) is 23.2. The number of carbonyl (C=O) groups excluding carboxylic acids is 4. The summed E-state index contributed by atoms with van der Waals surface area (Å²) in [5, 5.41) is 23.9. The van der Waals surface area contributed by atoms with E-state index >= 15 is 0 Å². The van der Waals surface area contributed by atoms with Crippen LogP contribution in [0.15, 0.2) is 60.7 Å². The molecule has 2 aromatic rings. The van der Waals surface area contributed by atoms with Crippen molar-refractivity contribution in [3.8, 4) is 0 Å². The molecular formula is C38H50MnN4O6. The zero-order valence-corrected chi connectivity index (χ0v) is 29.6. The maximum Gasteiger partial charge on any atom is 2.00 e. The number of amides is 2. The molecule has 0 N–H and O–H groups in total. The minimum absolute atomic E-state index is 0. The summed E-state index contributed by atoms with van der Waals surface area (Å²) in [7, 11) is 0. The Morgan fingerprint density at radius 3 is 1.22 bits per heavy atom. The SMILES string of the molecule is O=C([O-])CN(CC(=O)N1CCC(Cc2ccccc2)CC1)C1CCCCC1N(CC(=O)[O-])CC(=O)N1CCC(Cc2ccccc2)CC1.[Mn+2]. The van der Waals surface area contributed by atoms with Crippen LogP contribution in [0.4, 0.5) is 0 Å². The van der Waals surface area contributed by atoms with Crippen LogP contribution in [-0.2, 0) is 49.1 Å². The van der Waals surface area contributed by atoms with E-state index in [0.29, 0.717) is 50.9 Å². The van der Waals surface area contributed by atoms with E-state index in [9.17, 15) is 29.4 Å².